The minimum absolute atomic E-state index is 0.401. The van der Waals surface area contributed by atoms with Gasteiger partial charge in [-0.25, -0.2) is 0 Å². The van der Waals surface area contributed by atoms with Gasteiger partial charge in [0.25, 0.3) is 0 Å². The van der Waals surface area contributed by atoms with Gasteiger partial charge in [0.2, 0.25) is 0 Å². The Bertz CT molecular complexity index is 146. The first kappa shape index (κ1) is 14.0. The molecule has 0 aliphatic carbocycles. The van der Waals surface area contributed by atoms with Crippen LogP contribution in [0.4, 0.5) is 0 Å². The molecule has 1 rings (SSSR count). The van der Waals surface area contributed by atoms with E-state index in [9.17, 15) is 0 Å². The summed E-state index contributed by atoms with van der Waals surface area (Å²) in [5, 5.41) is 0. The Balaban J connectivity index is 1.61. The van der Waals surface area contributed by atoms with Crippen LogP contribution < -0.4 is 5.48 Å². The van der Waals surface area contributed by atoms with Gasteiger partial charge in [0.05, 0.1) is 0 Å². The van der Waals surface area contributed by atoms with E-state index < -0.39 is 0 Å². The van der Waals surface area contributed by atoms with E-state index >= 15 is 0 Å². The summed E-state index contributed by atoms with van der Waals surface area (Å²) in [6.07, 6.45) is 17.2. The van der Waals surface area contributed by atoms with Crippen LogP contribution in [0.15, 0.2) is 0 Å². The normalized spacial score (nSPS) is 18.9. The first-order chi connectivity index (χ1) is 7.93. The highest BCUT2D eigenvalue weighted by atomic mass is 16.8. The van der Waals surface area contributed by atoms with Crippen LogP contribution in [0.25, 0.3) is 0 Å². The maximum atomic E-state index is 4.95. The molecule has 2 heteroatoms. The molecule has 1 aliphatic rings. The zero-order valence-electron chi connectivity index (χ0n) is 11.0. The summed E-state index contributed by atoms with van der Waals surface area (Å²) in [7, 11) is 0. The maximum absolute atomic E-state index is 4.95. The van der Waals surface area contributed by atoms with Crippen LogP contribution in [-0.2, 0) is 4.84 Å². The van der Waals surface area contributed by atoms with E-state index in [0.717, 1.165) is 0 Å². The summed E-state index contributed by atoms with van der Waals surface area (Å²) in [4.78, 5) is 4.95. The summed E-state index contributed by atoms with van der Waals surface area (Å²) in [6.45, 7) is 2.28. The lowest BCUT2D eigenvalue weighted by atomic mass is 10.1. The molecule has 1 fully saturated rings. The number of hydrogen-bond donors (Lipinski definition) is 1. The Labute approximate surface area is 101 Å². The van der Waals surface area contributed by atoms with Gasteiger partial charge in [-0.15, -0.1) is 0 Å². The van der Waals surface area contributed by atoms with Crippen LogP contribution in [0.2, 0.25) is 0 Å². The monoisotopic (exact) mass is 227 g/mol. The van der Waals surface area contributed by atoms with E-state index in [1.807, 2.05) is 0 Å². The van der Waals surface area contributed by atoms with Crippen LogP contribution in [-0.4, -0.2) is 6.23 Å². The molecule has 0 spiro atoms. The number of rotatable bonds is 12. The Kier molecular flexibility index (Phi) is 8.83. The second-order valence-corrected chi connectivity index (χ2v) is 5.05. The van der Waals surface area contributed by atoms with Crippen molar-refractivity contribution in [2.45, 2.75) is 90.2 Å². The Hall–Kier alpha value is -0.0800. The largest absolute Gasteiger partial charge is 0.278 e. The van der Waals surface area contributed by atoms with Gasteiger partial charge in [0.15, 0.2) is 6.23 Å². The lowest BCUT2D eigenvalue weighted by molar-refractivity contribution is 0.357. The third-order valence-electron chi connectivity index (χ3n) is 3.35. The Morgan fingerprint density at radius 2 is 1.19 bits per heavy atom. The molecule has 1 aliphatic heterocycles. The fourth-order valence-electron chi connectivity index (χ4n) is 2.16. The van der Waals surface area contributed by atoms with Crippen molar-refractivity contribution in [3.8, 4) is 0 Å². The fraction of sp³-hybridized carbons (Fsp3) is 1.00. The molecule has 1 unspecified atom stereocenters. The lowest BCUT2D eigenvalue weighted by Crippen LogP contribution is -1.89. The Morgan fingerprint density at radius 3 is 1.62 bits per heavy atom. The molecule has 96 valence electrons. The van der Waals surface area contributed by atoms with Gasteiger partial charge in [0, 0.05) is 0 Å². The molecule has 1 N–H and O–H groups in total. The van der Waals surface area contributed by atoms with Crippen molar-refractivity contribution >= 4 is 0 Å². The standard InChI is InChI=1S/C14H29NO/c1-2-3-4-5-6-7-8-9-10-11-12-13-14-15-16-14/h14-15H,2-13H2,1H3. The van der Waals surface area contributed by atoms with Gasteiger partial charge in [-0.2, -0.15) is 5.48 Å². The van der Waals surface area contributed by atoms with Gasteiger partial charge in [-0.1, -0.05) is 71.1 Å². The molecule has 0 aromatic carbocycles. The average molecular weight is 227 g/mol. The van der Waals surface area contributed by atoms with Gasteiger partial charge in [-0.3, -0.25) is 4.84 Å². The first-order valence-electron chi connectivity index (χ1n) is 7.34. The van der Waals surface area contributed by atoms with Crippen molar-refractivity contribution in [2.75, 3.05) is 0 Å². The van der Waals surface area contributed by atoms with Crippen LogP contribution in [0.5, 0.6) is 0 Å². The lowest BCUT2D eigenvalue weighted by Gasteiger charge is -2.01. The third kappa shape index (κ3) is 9.17. The molecular weight excluding hydrogens is 198 g/mol. The van der Waals surface area contributed by atoms with Gasteiger partial charge < -0.3 is 0 Å². The molecule has 0 aromatic heterocycles. The summed E-state index contributed by atoms with van der Waals surface area (Å²) >= 11 is 0. The minimum atomic E-state index is 0.401. The topological polar surface area (TPSA) is 34.5 Å². The van der Waals surface area contributed by atoms with Crippen molar-refractivity contribution < 1.29 is 4.84 Å². The van der Waals surface area contributed by atoms with Gasteiger partial charge >= 0.3 is 0 Å². The van der Waals surface area contributed by atoms with Crippen molar-refractivity contribution in [2.24, 2.45) is 0 Å². The average Bonchev–Trinajstić information content (AvgIpc) is 3.10. The van der Waals surface area contributed by atoms with Crippen LogP contribution in [0.3, 0.4) is 0 Å². The maximum Gasteiger partial charge on any atom is 0.151 e. The van der Waals surface area contributed by atoms with Crippen molar-refractivity contribution in [1.82, 2.24) is 5.48 Å². The highest BCUT2D eigenvalue weighted by Crippen LogP contribution is 2.14. The summed E-state index contributed by atoms with van der Waals surface area (Å²) in [5.74, 6) is 0. The molecule has 1 saturated heterocycles. The highest BCUT2D eigenvalue weighted by molar-refractivity contribution is 4.58. The third-order valence-corrected chi connectivity index (χ3v) is 3.35. The predicted molar refractivity (Wildman–Crippen MR) is 69.1 cm³/mol. The summed E-state index contributed by atoms with van der Waals surface area (Å²) in [6, 6.07) is 0. The number of nitrogens with one attached hydrogen (secondary N) is 1. The van der Waals surface area contributed by atoms with E-state index in [2.05, 4.69) is 12.4 Å². The summed E-state index contributed by atoms with van der Waals surface area (Å²) in [5.41, 5.74) is 2.87. The van der Waals surface area contributed by atoms with E-state index in [0.29, 0.717) is 6.23 Å². The molecule has 1 atom stereocenters. The predicted octanol–water partition coefficient (Wildman–Crippen LogP) is 4.55. The van der Waals surface area contributed by atoms with E-state index in [1.54, 1.807) is 0 Å². The molecule has 0 bridgehead atoms. The fourth-order valence-corrected chi connectivity index (χ4v) is 2.16. The van der Waals surface area contributed by atoms with Crippen molar-refractivity contribution in [3.05, 3.63) is 0 Å². The summed E-state index contributed by atoms with van der Waals surface area (Å²) < 4.78 is 0. The van der Waals surface area contributed by atoms with Crippen LogP contribution in [0, 0.1) is 0 Å². The molecule has 0 aromatic rings. The highest BCUT2D eigenvalue weighted by Gasteiger charge is 2.20. The second-order valence-electron chi connectivity index (χ2n) is 5.05. The zero-order chi connectivity index (χ0) is 11.5. The number of hydroxylamine groups is 1. The SMILES string of the molecule is CCCCCCCCCCCCCC1NO1. The van der Waals surface area contributed by atoms with E-state index in [4.69, 9.17) is 4.84 Å². The van der Waals surface area contributed by atoms with Crippen LogP contribution >= 0.6 is 0 Å². The van der Waals surface area contributed by atoms with Gasteiger partial charge in [-0.05, 0) is 12.8 Å². The molecule has 1 heterocycles. The molecular formula is C14H29NO. The van der Waals surface area contributed by atoms with Crippen molar-refractivity contribution in [1.29, 1.82) is 0 Å². The zero-order valence-corrected chi connectivity index (χ0v) is 11.0. The smallest absolute Gasteiger partial charge is 0.151 e. The molecule has 16 heavy (non-hydrogen) atoms. The quantitative estimate of drug-likeness (QED) is 0.392. The van der Waals surface area contributed by atoms with Crippen LogP contribution in [0.1, 0.15) is 84.0 Å². The Morgan fingerprint density at radius 1 is 0.750 bits per heavy atom. The minimum Gasteiger partial charge on any atom is -0.278 e. The number of unbranched alkanes of at least 4 members (excludes halogenated alkanes) is 10. The first-order valence-corrected chi connectivity index (χ1v) is 7.34. The number of hydrogen-bond acceptors (Lipinski definition) is 2. The second kappa shape index (κ2) is 10.1. The van der Waals surface area contributed by atoms with E-state index in [1.165, 1.54) is 77.0 Å². The van der Waals surface area contributed by atoms with Crippen molar-refractivity contribution in [3.63, 3.8) is 0 Å². The molecule has 0 amide bonds. The molecule has 0 radical (unpaired) electrons. The molecule has 0 saturated carbocycles. The van der Waals surface area contributed by atoms with Gasteiger partial charge in [0.1, 0.15) is 0 Å². The molecule has 2 nitrogen and oxygen atoms in total. The van der Waals surface area contributed by atoms with E-state index in [-0.39, 0.29) is 0 Å².